The summed E-state index contributed by atoms with van der Waals surface area (Å²) in [5.41, 5.74) is 2.88. The minimum atomic E-state index is -0.487. The maximum atomic E-state index is 13.8. The van der Waals surface area contributed by atoms with Gasteiger partial charge in [-0.25, -0.2) is 8.78 Å². The molecule has 2 unspecified atom stereocenters. The highest BCUT2D eigenvalue weighted by Crippen LogP contribution is 2.39. The molecule has 0 bridgehead atoms. The van der Waals surface area contributed by atoms with E-state index in [1.807, 2.05) is 12.1 Å². The van der Waals surface area contributed by atoms with Crippen LogP contribution in [0.15, 0.2) is 42.5 Å². The Morgan fingerprint density at radius 2 is 1.80 bits per heavy atom. The van der Waals surface area contributed by atoms with Crippen molar-refractivity contribution in [3.05, 3.63) is 70.8 Å². The number of hydrogen-bond donors (Lipinski definition) is 0. The van der Waals surface area contributed by atoms with Gasteiger partial charge in [0.15, 0.2) is 0 Å². The normalized spacial score (nSPS) is 19.4. The molecule has 0 spiro atoms. The van der Waals surface area contributed by atoms with Gasteiger partial charge in [-0.15, -0.1) is 11.6 Å². The Labute approximate surface area is 122 Å². The average Bonchev–Trinajstić information content (AvgIpc) is 2.48. The fourth-order valence-corrected chi connectivity index (χ4v) is 3.34. The van der Waals surface area contributed by atoms with Crippen molar-refractivity contribution >= 4 is 11.6 Å². The van der Waals surface area contributed by atoms with E-state index >= 15 is 0 Å². The Kier molecular flexibility index (Phi) is 3.75. The minimum Gasteiger partial charge on any atom is -0.207 e. The van der Waals surface area contributed by atoms with E-state index in [4.69, 9.17) is 11.6 Å². The van der Waals surface area contributed by atoms with E-state index < -0.39 is 17.0 Å². The van der Waals surface area contributed by atoms with Crippen LogP contribution < -0.4 is 0 Å². The van der Waals surface area contributed by atoms with E-state index in [0.717, 1.165) is 31.4 Å². The molecule has 1 aliphatic carbocycles. The lowest BCUT2D eigenvalue weighted by molar-refractivity contribution is 0.432. The van der Waals surface area contributed by atoms with Crippen molar-refractivity contribution in [2.45, 2.75) is 24.6 Å². The smallest absolute Gasteiger partial charge is 0.128 e. The molecule has 3 rings (SSSR count). The van der Waals surface area contributed by atoms with Crippen molar-refractivity contribution in [1.29, 1.82) is 0 Å². The van der Waals surface area contributed by atoms with Crippen molar-refractivity contribution in [3.8, 4) is 0 Å². The van der Waals surface area contributed by atoms with Gasteiger partial charge in [-0.2, -0.15) is 0 Å². The first-order valence-corrected chi connectivity index (χ1v) is 7.24. The van der Waals surface area contributed by atoms with Crippen molar-refractivity contribution in [2.24, 2.45) is 5.92 Å². The lowest BCUT2D eigenvalue weighted by Gasteiger charge is -2.28. The Morgan fingerprint density at radius 3 is 2.60 bits per heavy atom. The van der Waals surface area contributed by atoms with Crippen molar-refractivity contribution in [3.63, 3.8) is 0 Å². The van der Waals surface area contributed by atoms with E-state index in [0.29, 0.717) is 0 Å². The summed E-state index contributed by atoms with van der Waals surface area (Å²) >= 11 is 6.42. The average molecular weight is 293 g/mol. The highest BCUT2D eigenvalue weighted by atomic mass is 35.5. The summed E-state index contributed by atoms with van der Waals surface area (Å²) in [6.07, 6.45) is 2.67. The van der Waals surface area contributed by atoms with Crippen LogP contribution in [0.3, 0.4) is 0 Å². The summed E-state index contributed by atoms with van der Waals surface area (Å²) in [7, 11) is 0. The summed E-state index contributed by atoms with van der Waals surface area (Å²) in [6.45, 7) is 0. The number of halogens is 3. The molecule has 2 aromatic carbocycles. The molecule has 3 heteroatoms. The third-order valence-electron chi connectivity index (χ3n) is 4.05. The fraction of sp³-hybridized carbons (Fsp3) is 0.294. The number of fused-ring (bicyclic) bond motifs is 1. The van der Waals surface area contributed by atoms with E-state index in [2.05, 4.69) is 12.1 Å². The van der Waals surface area contributed by atoms with Crippen LogP contribution >= 0.6 is 11.6 Å². The van der Waals surface area contributed by atoms with E-state index in [1.54, 1.807) is 0 Å². The Bertz CT molecular complexity index is 624. The molecule has 0 N–H and O–H groups in total. The Balaban J connectivity index is 1.85. The zero-order valence-electron chi connectivity index (χ0n) is 11.0. The largest absolute Gasteiger partial charge is 0.207 e. The SMILES string of the molecule is Fc1ccc(F)c(C(Cl)C2CCc3ccccc3C2)c1. The number of hydrogen-bond acceptors (Lipinski definition) is 0. The quantitative estimate of drug-likeness (QED) is 0.680. The molecule has 1 aliphatic rings. The molecule has 0 radical (unpaired) electrons. The molecule has 0 heterocycles. The van der Waals surface area contributed by atoms with Crippen LogP contribution in [-0.2, 0) is 12.8 Å². The first-order valence-electron chi connectivity index (χ1n) is 6.81. The number of benzene rings is 2. The van der Waals surface area contributed by atoms with Crippen LogP contribution in [0.5, 0.6) is 0 Å². The predicted octanol–water partition coefficient (Wildman–Crippen LogP) is 5.05. The van der Waals surface area contributed by atoms with Crippen LogP contribution in [-0.4, -0.2) is 0 Å². The van der Waals surface area contributed by atoms with Gasteiger partial charge in [0.1, 0.15) is 11.6 Å². The van der Waals surface area contributed by atoms with E-state index in [1.165, 1.54) is 17.2 Å². The molecule has 2 atom stereocenters. The molecule has 0 saturated carbocycles. The molecule has 0 nitrogen and oxygen atoms in total. The molecule has 104 valence electrons. The summed E-state index contributed by atoms with van der Waals surface area (Å²) in [5.74, 6) is -0.726. The number of aryl methyl sites for hydroxylation is 1. The zero-order valence-corrected chi connectivity index (χ0v) is 11.7. The Morgan fingerprint density at radius 1 is 1.05 bits per heavy atom. The number of alkyl halides is 1. The monoisotopic (exact) mass is 292 g/mol. The van der Waals surface area contributed by atoms with Crippen molar-refractivity contribution in [2.75, 3.05) is 0 Å². The zero-order chi connectivity index (χ0) is 14.1. The molecular weight excluding hydrogens is 278 g/mol. The number of rotatable bonds is 2. The van der Waals surface area contributed by atoms with E-state index in [9.17, 15) is 8.78 Å². The van der Waals surface area contributed by atoms with Crippen molar-refractivity contribution in [1.82, 2.24) is 0 Å². The maximum Gasteiger partial charge on any atom is 0.128 e. The van der Waals surface area contributed by atoms with Crippen LogP contribution in [0, 0.1) is 17.6 Å². The Hall–Kier alpha value is -1.41. The molecule has 0 fully saturated rings. The third-order valence-corrected chi connectivity index (χ3v) is 4.65. The van der Waals surface area contributed by atoms with Gasteiger partial charge >= 0.3 is 0 Å². The van der Waals surface area contributed by atoms with E-state index in [-0.39, 0.29) is 11.5 Å². The molecule has 2 aromatic rings. The summed E-state index contributed by atoms with van der Waals surface area (Å²) in [5, 5.41) is -0.487. The maximum absolute atomic E-state index is 13.8. The second-order valence-corrected chi connectivity index (χ2v) is 5.81. The van der Waals surface area contributed by atoms with Gasteiger partial charge in [-0.05, 0) is 54.5 Å². The van der Waals surface area contributed by atoms with Crippen molar-refractivity contribution < 1.29 is 8.78 Å². The topological polar surface area (TPSA) is 0 Å². The molecule has 0 saturated heterocycles. The highest BCUT2D eigenvalue weighted by Gasteiger charge is 2.27. The molecule has 0 aromatic heterocycles. The predicted molar refractivity (Wildman–Crippen MR) is 76.9 cm³/mol. The molecule has 0 amide bonds. The van der Waals surface area contributed by atoms with Gasteiger partial charge in [0.05, 0.1) is 5.38 Å². The summed E-state index contributed by atoms with van der Waals surface area (Å²) in [6, 6.07) is 11.7. The fourth-order valence-electron chi connectivity index (χ4n) is 2.96. The molecule has 0 aliphatic heterocycles. The van der Waals surface area contributed by atoms with Gasteiger partial charge in [0, 0.05) is 5.56 Å². The lowest BCUT2D eigenvalue weighted by Crippen LogP contribution is -2.19. The van der Waals surface area contributed by atoms with Gasteiger partial charge in [-0.1, -0.05) is 24.3 Å². The summed E-state index contributed by atoms with van der Waals surface area (Å²) in [4.78, 5) is 0. The lowest BCUT2D eigenvalue weighted by atomic mass is 9.80. The highest BCUT2D eigenvalue weighted by molar-refractivity contribution is 6.21. The van der Waals surface area contributed by atoms with Crippen LogP contribution in [0.2, 0.25) is 0 Å². The molecule has 20 heavy (non-hydrogen) atoms. The summed E-state index contributed by atoms with van der Waals surface area (Å²) < 4.78 is 27.1. The van der Waals surface area contributed by atoms with Crippen LogP contribution in [0.1, 0.15) is 28.5 Å². The first kappa shape index (κ1) is 13.6. The standard InChI is InChI=1S/C17H15ClF2/c18-17(15-10-14(19)7-8-16(15)20)13-6-5-11-3-1-2-4-12(11)9-13/h1-4,7-8,10,13,17H,5-6,9H2. The minimum absolute atomic E-state index is 0.142. The van der Waals surface area contributed by atoms with Crippen LogP contribution in [0.4, 0.5) is 8.78 Å². The third kappa shape index (κ3) is 2.57. The van der Waals surface area contributed by atoms with Gasteiger partial charge in [-0.3, -0.25) is 0 Å². The van der Waals surface area contributed by atoms with Gasteiger partial charge in [0.2, 0.25) is 0 Å². The van der Waals surface area contributed by atoms with Gasteiger partial charge < -0.3 is 0 Å². The van der Waals surface area contributed by atoms with Crippen LogP contribution in [0.25, 0.3) is 0 Å². The molecular formula is C17H15ClF2. The van der Waals surface area contributed by atoms with Gasteiger partial charge in [0.25, 0.3) is 0 Å². The second-order valence-electron chi connectivity index (χ2n) is 5.34. The second kappa shape index (κ2) is 5.53. The first-order chi connectivity index (χ1) is 9.65.